The number of nitro groups is 1. The zero-order chi connectivity index (χ0) is 18.2. The van der Waals surface area contributed by atoms with Gasteiger partial charge < -0.3 is 10.1 Å². The van der Waals surface area contributed by atoms with Crippen molar-refractivity contribution in [1.82, 2.24) is 0 Å². The van der Waals surface area contributed by atoms with Crippen molar-refractivity contribution in [1.29, 1.82) is 0 Å². The van der Waals surface area contributed by atoms with Crippen molar-refractivity contribution >= 4 is 29.3 Å². The van der Waals surface area contributed by atoms with E-state index >= 15 is 0 Å². The number of amides is 1. The average Bonchev–Trinajstić information content (AvgIpc) is 2.61. The number of benzene rings is 2. The van der Waals surface area contributed by atoms with Gasteiger partial charge in [0, 0.05) is 23.9 Å². The Kier molecular flexibility index (Phi) is 6.00. The molecule has 0 spiro atoms. The predicted octanol–water partition coefficient (Wildman–Crippen LogP) is 3.42. The first kappa shape index (κ1) is 17.9. The van der Waals surface area contributed by atoms with Gasteiger partial charge in [0.05, 0.1) is 17.1 Å². The molecular formula is C18H16N2O5. The van der Waals surface area contributed by atoms with E-state index in [9.17, 15) is 19.7 Å². The molecule has 7 nitrogen and oxygen atoms in total. The van der Waals surface area contributed by atoms with E-state index in [2.05, 4.69) is 5.32 Å². The van der Waals surface area contributed by atoms with Crippen LogP contribution in [-0.2, 0) is 9.53 Å². The minimum atomic E-state index is -0.486. The molecule has 0 saturated carbocycles. The molecule has 2 aromatic rings. The Hall–Kier alpha value is -3.48. The van der Waals surface area contributed by atoms with Crippen LogP contribution in [-0.4, -0.2) is 23.4 Å². The minimum Gasteiger partial charge on any atom is -0.462 e. The van der Waals surface area contributed by atoms with E-state index in [1.54, 1.807) is 49.4 Å². The zero-order valence-corrected chi connectivity index (χ0v) is 13.5. The van der Waals surface area contributed by atoms with Gasteiger partial charge in [-0.3, -0.25) is 14.9 Å². The summed E-state index contributed by atoms with van der Waals surface area (Å²) < 4.78 is 4.88. The lowest BCUT2D eigenvalue weighted by atomic mass is 10.2. The summed E-state index contributed by atoms with van der Waals surface area (Å²) in [6.45, 7) is 2.02. The summed E-state index contributed by atoms with van der Waals surface area (Å²) in [5.41, 5.74) is 1.59. The van der Waals surface area contributed by atoms with Gasteiger partial charge in [-0.05, 0) is 55.0 Å². The van der Waals surface area contributed by atoms with E-state index in [1.165, 1.54) is 18.2 Å². The van der Waals surface area contributed by atoms with Crippen LogP contribution in [0.1, 0.15) is 22.8 Å². The topological polar surface area (TPSA) is 98.5 Å². The number of ether oxygens (including phenoxy) is 1. The summed E-state index contributed by atoms with van der Waals surface area (Å²) in [5.74, 6) is -0.777. The molecule has 2 rings (SSSR count). The Morgan fingerprint density at radius 2 is 1.76 bits per heavy atom. The molecule has 0 heterocycles. The van der Waals surface area contributed by atoms with Gasteiger partial charge in [0.2, 0.25) is 5.91 Å². The van der Waals surface area contributed by atoms with Crippen molar-refractivity contribution in [2.45, 2.75) is 6.92 Å². The molecule has 0 radical (unpaired) electrons. The normalized spacial score (nSPS) is 10.4. The fraction of sp³-hybridized carbons (Fsp3) is 0.111. The molecule has 1 amide bonds. The highest BCUT2D eigenvalue weighted by Gasteiger charge is 2.06. The summed E-state index contributed by atoms with van der Waals surface area (Å²) in [7, 11) is 0. The Balaban J connectivity index is 1.95. The second kappa shape index (κ2) is 8.39. The third-order valence-electron chi connectivity index (χ3n) is 3.19. The molecule has 0 aliphatic heterocycles. The highest BCUT2D eigenvalue weighted by atomic mass is 16.6. The quantitative estimate of drug-likeness (QED) is 0.376. The maximum atomic E-state index is 11.9. The van der Waals surface area contributed by atoms with Gasteiger partial charge in [0.15, 0.2) is 0 Å². The standard InChI is InChI=1S/C18H16N2O5/c1-2-25-18(22)14-6-8-15(9-7-14)19-17(21)12-5-13-3-10-16(11-4-13)20(23)24/h3-12H,2H2,1H3,(H,19,21). The zero-order valence-electron chi connectivity index (χ0n) is 13.5. The number of nitrogens with zero attached hydrogens (tertiary/aromatic N) is 1. The molecule has 0 fully saturated rings. The van der Waals surface area contributed by atoms with E-state index in [0.29, 0.717) is 23.4 Å². The molecular weight excluding hydrogens is 324 g/mol. The maximum absolute atomic E-state index is 11.9. The molecule has 1 N–H and O–H groups in total. The Morgan fingerprint density at radius 1 is 1.12 bits per heavy atom. The fourth-order valence-corrected chi connectivity index (χ4v) is 1.97. The Bertz CT molecular complexity index is 795. The number of anilines is 1. The molecule has 0 aliphatic rings. The number of rotatable bonds is 6. The fourth-order valence-electron chi connectivity index (χ4n) is 1.97. The van der Waals surface area contributed by atoms with E-state index < -0.39 is 10.9 Å². The third-order valence-corrected chi connectivity index (χ3v) is 3.19. The van der Waals surface area contributed by atoms with Gasteiger partial charge in [-0.1, -0.05) is 0 Å². The molecule has 0 aromatic heterocycles. The van der Waals surface area contributed by atoms with Gasteiger partial charge in [-0.25, -0.2) is 4.79 Å². The summed E-state index contributed by atoms with van der Waals surface area (Å²) in [6, 6.07) is 12.2. The number of carbonyl (C=O) groups is 2. The van der Waals surface area contributed by atoms with Crippen molar-refractivity contribution in [2.75, 3.05) is 11.9 Å². The van der Waals surface area contributed by atoms with Crippen molar-refractivity contribution in [3.63, 3.8) is 0 Å². The monoisotopic (exact) mass is 340 g/mol. The van der Waals surface area contributed by atoms with Crippen LogP contribution in [0.25, 0.3) is 6.08 Å². The average molecular weight is 340 g/mol. The number of nitro benzene ring substituents is 1. The van der Waals surface area contributed by atoms with E-state index in [4.69, 9.17) is 4.74 Å². The summed E-state index contributed by atoms with van der Waals surface area (Å²) >= 11 is 0. The maximum Gasteiger partial charge on any atom is 0.338 e. The molecule has 2 aromatic carbocycles. The molecule has 128 valence electrons. The number of esters is 1. The van der Waals surface area contributed by atoms with Crippen LogP contribution in [0.15, 0.2) is 54.6 Å². The van der Waals surface area contributed by atoms with Crippen molar-refractivity contribution in [3.8, 4) is 0 Å². The van der Waals surface area contributed by atoms with Crippen molar-refractivity contribution in [2.24, 2.45) is 0 Å². The first-order valence-electron chi connectivity index (χ1n) is 7.50. The van der Waals surface area contributed by atoms with E-state index in [0.717, 1.165) is 0 Å². The van der Waals surface area contributed by atoms with Gasteiger partial charge in [-0.15, -0.1) is 0 Å². The molecule has 7 heteroatoms. The summed E-state index contributed by atoms with van der Waals surface area (Å²) in [5, 5.41) is 13.2. The first-order chi connectivity index (χ1) is 12.0. The van der Waals surface area contributed by atoms with Crippen LogP contribution in [0.3, 0.4) is 0 Å². The van der Waals surface area contributed by atoms with E-state index in [1.807, 2.05) is 0 Å². The van der Waals surface area contributed by atoms with Gasteiger partial charge >= 0.3 is 5.97 Å². The number of non-ortho nitro benzene ring substituents is 1. The Labute approximate surface area is 144 Å². The van der Waals surface area contributed by atoms with Gasteiger partial charge in [0.25, 0.3) is 5.69 Å². The van der Waals surface area contributed by atoms with Gasteiger partial charge in [0.1, 0.15) is 0 Å². The SMILES string of the molecule is CCOC(=O)c1ccc(NC(=O)C=Cc2ccc([N+](=O)[O-])cc2)cc1. The molecule has 25 heavy (non-hydrogen) atoms. The third kappa shape index (κ3) is 5.28. The van der Waals surface area contributed by atoms with Crippen molar-refractivity contribution < 1.29 is 19.2 Å². The minimum absolute atomic E-state index is 0.0108. The Morgan fingerprint density at radius 3 is 2.32 bits per heavy atom. The molecule has 0 bridgehead atoms. The number of nitrogens with one attached hydrogen (secondary N) is 1. The molecule has 0 aliphatic carbocycles. The highest BCUT2D eigenvalue weighted by Crippen LogP contribution is 2.14. The lowest BCUT2D eigenvalue weighted by molar-refractivity contribution is -0.384. The van der Waals surface area contributed by atoms with Gasteiger partial charge in [-0.2, -0.15) is 0 Å². The summed E-state index contributed by atoms with van der Waals surface area (Å²) in [4.78, 5) is 33.5. The van der Waals surface area contributed by atoms with Crippen LogP contribution in [0.5, 0.6) is 0 Å². The lowest BCUT2D eigenvalue weighted by Crippen LogP contribution is -2.08. The number of hydrogen-bond donors (Lipinski definition) is 1. The van der Waals surface area contributed by atoms with Crippen LogP contribution in [0, 0.1) is 10.1 Å². The van der Waals surface area contributed by atoms with Crippen LogP contribution >= 0.6 is 0 Å². The molecule has 0 saturated heterocycles. The molecule has 0 atom stereocenters. The summed E-state index contributed by atoms with van der Waals surface area (Å²) in [6.07, 6.45) is 2.87. The smallest absolute Gasteiger partial charge is 0.338 e. The lowest BCUT2D eigenvalue weighted by Gasteiger charge is -2.04. The van der Waals surface area contributed by atoms with Crippen LogP contribution in [0.2, 0.25) is 0 Å². The van der Waals surface area contributed by atoms with Crippen LogP contribution < -0.4 is 5.32 Å². The number of carbonyl (C=O) groups excluding carboxylic acids is 2. The highest BCUT2D eigenvalue weighted by molar-refractivity contribution is 6.02. The van der Waals surface area contributed by atoms with Crippen LogP contribution in [0.4, 0.5) is 11.4 Å². The second-order valence-corrected chi connectivity index (χ2v) is 4.97. The van der Waals surface area contributed by atoms with E-state index in [-0.39, 0.29) is 11.6 Å². The van der Waals surface area contributed by atoms with Crippen molar-refractivity contribution in [3.05, 3.63) is 75.8 Å². The predicted molar refractivity (Wildman–Crippen MR) is 93.2 cm³/mol. The molecule has 0 unspecified atom stereocenters. The first-order valence-corrected chi connectivity index (χ1v) is 7.50. The second-order valence-electron chi connectivity index (χ2n) is 4.97. The largest absolute Gasteiger partial charge is 0.462 e. The number of hydrogen-bond acceptors (Lipinski definition) is 5.